The number of amides is 1. The molecule has 0 bridgehead atoms. The van der Waals surface area contributed by atoms with E-state index in [1.54, 1.807) is 18.2 Å². The number of carbonyl (C=O) groups is 1. The van der Waals surface area contributed by atoms with Crippen molar-refractivity contribution >= 4 is 32.9 Å². The van der Waals surface area contributed by atoms with Crippen LogP contribution in [0.15, 0.2) is 27.1 Å². The van der Waals surface area contributed by atoms with Crippen LogP contribution in [0.5, 0.6) is 0 Å². The maximum atomic E-state index is 10.7. The van der Waals surface area contributed by atoms with Gasteiger partial charge < -0.3 is 10.2 Å². The van der Waals surface area contributed by atoms with Crippen molar-refractivity contribution in [2.45, 2.75) is 0 Å². The highest BCUT2D eigenvalue weighted by Crippen LogP contribution is 2.19. The number of halogens is 1. The second-order valence-electron chi connectivity index (χ2n) is 2.50. The molecule has 66 valence electrons. The van der Waals surface area contributed by atoms with Crippen molar-refractivity contribution in [2.24, 2.45) is 5.73 Å². The molecule has 4 nitrogen and oxygen atoms in total. The molecule has 1 amide bonds. The van der Waals surface area contributed by atoms with Crippen LogP contribution in [0.4, 0.5) is 0 Å². The Kier molecular flexibility index (Phi) is 1.81. The van der Waals surface area contributed by atoms with Gasteiger partial charge in [-0.25, -0.2) is 4.98 Å². The highest BCUT2D eigenvalue weighted by atomic mass is 79.9. The van der Waals surface area contributed by atoms with Gasteiger partial charge in [0.15, 0.2) is 5.58 Å². The lowest BCUT2D eigenvalue weighted by Crippen LogP contribution is -2.10. The van der Waals surface area contributed by atoms with Crippen LogP contribution in [0.1, 0.15) is 10.7 Å². The van der Waals surface area contributed by atoms with Gasteiger partial charge in [0.05, 0.1) is 0 Å². The first-order valence-electron chi connectivity index (χ1n) is 3.53. The highest BCUT2D eigenvalue weighted by Gasteiger charge is 2.09. The van der Waals surface area contributed by atoms with Gasteiger partial charge >= 0.3 is 5.91 Å². The van der Waals surface area contributed by atoms with Crippen LogP contribution in [-0.4, -0.2) is 10.9 Å². The second-order valence-corrected chi connectivity index (χ2v) is 3.41. The fourth-order valence-corrected chi connectivity index (χ4v) is 1.35. The Bertz CT molecular complexity index is 478. The highest BCUT2D eigenvalue weighted by molar-refractivity contribution is 9.10. The van der Waals surface area contributed by atoms with Crippen molar-refractivity contribution in [3.8, 4) is 0 Å². The van der Waals surface area contributed by atoms with Gasteiger partial charge in [-0.1, -0.05) is 15.9 Å². The number of benzene rings is 1. The zero-order valence-electron chi connectivity index (χ0n) is 6.45. The van der Waals surface area contributed by atoms with Crippen LogP contribution in [0.25, 0.3) is 11.1 Å². The lowest BCUT2D eigenvalue weighted by atomic mass is 10.3. The number of nitrogens with two attached hydrogens (primary N) is 1. The van der Waals surface area contributed by atoms with Gasteiger partial charge in [-0.2, -0.15) is 0 Å². The van der Waals surface area contributed by atoms with Gasteiger partial charge in [-0.3, -0.25) is 4.79 Å². The van der Waals surface area contributed by atoms with Gasteiger partial charge in [-0.15, -0.1) is 0 Å². The van der Waals surface area contributed by atoms with Crippen molar-refractivity contribution in [3.05, 3.63) is 28.6 Å². The minimum Gasteiger partial charge on any atom is -0.432 e. The Balaban J connectivity index is 2.68. The average Bonchev–Trinajstić information content (AvgIpc) is 2.46. The van der Waals surface area contributed by atoms with Crippen LogP contribution in [-0.2, 0) is 0 Å². The molecule has 0 saturated heterocycles. The van der Waals surface area contributed by atoms with Crippen LogP contribution in [0.2, 0.25) is 0 Å². The van der Waals surface area contributed by atoms with Gasteiger partial charge in [0.25, 0.3) is 5.89 Å². The van der Waals surface area contributed by atoms with E-state index in [2.05, 4.69) is 20.9 Å². The molecule has 0 unspecified atom stereocenters. The number of aromatic nitrogens is 1. The van der Waals surface area contributed by atoms with Crippen molar-refractivity contribution < 1.29 is 9.21 Å². The zero-order chi connectivity index (χ0) is 9.42. The molecule has 0 atom stereocenters. The van der Waals surface area contributed by atoms with Crippen LogP contribution < -0.4 is 5.73 Å². The molecular formula is C8H5BrN2O2. The lowest BCUT2D eigenvalue weighted by Gasteiger charge is -1.85. The smallest absolute Gasteiger partial charge is 0.304 e. The molecule has 0 aliphatic carbocycles. The quantitative estimate of drug-likeness (QED) is 0.825. The van der Waals surface area contributed by atoms with Crippen molar-refractivity contribution in [1.82, 2.24) is 4.98 Å². The Morgan fingerprint density at radius 1 is 1.54 bits per heavy atom. The monoisotopic (exact) mass is 240 g/mol. The number of oxazole rings is 1. The van der Waals surface area contributed by atoms with Crippen molar-refractivity contribution in [3.63, 3.8) is 0 Å². The summed E-state index contributed by atoms with van der Waals surface area (Å²) in [4.78, 5) is 14.6. The molecule has 0 fully saturated rings. The molecule has 13 heavy (non-hydrogen) atoms. The second kappa shape index (κ2) is 2.85. The molecule has 0 spiro atoms. The van der Waals surface area contributed by atoms with Gasteiger partial charge in [0.2, 0.25) is 0 Å². The molecule has 0 radical (unpaired) electrons. The summed E-state index contributed by atoms with van der Waals surface area (Å²) in [7, 11) is 0. The zero-order valence-corrected chi connectivity index (χ0v) is 8.04. The summed E-state index contributed by atoms with van der Waals surface area (Å²) in [5.41, 5.74) is 6.18. The molecule has 5 heteroatoms. The fraction of sp³-hybridized carbons (Fsp3) is 0. The molecule has 2 N–H and O–H groups in total. The van der Waals surface area contributed by atoms with Crippen LogP contribution in [0.3, 0.4) is 0 Å². The summed E-state index contributed by atoms with van der Waals surface area (Å²) in [6.07, 6.45) is 0. The molecule has 2 rings (SSSR count). The number of hydrogen-bond donors (Lipinski definition) is 1. The van der Waals surface area contributed by atoms with Crippen LogP contribution in [0, 0.1) is 0 Å². The van der Waals surface area contributed by atoms with E-state index in [0.717, 1.165) is 4.47 Å². The van der Waals surface area contributed by atoms with E-state index < -0.39 is 5.91 Å². The normalized spacial score (nSPS) is 10.5. The summed E-state index contributed by atoms with van der Waals surface area (Å²) in [6.45, 7) is 0. The molecule has 0 aliphatic rings. The maximum absolute atomic E-state index is 10.7. The Labute approximate surface area is 81.9 Å². The van der Waals surface area contributed by atoms with E-state index in [1.165, 1.54) is 0 Å². The SMILES string of the molecule is NC(=O)c1nc2cc(Br)ccc2o1. The summed E-state index contributed by atoms with van der Waals surface area (Å²) in [5.74, 6) is -0.722. The molecule has 0 saturated carbocycles. The largest absolute Gasteiger partial charge is 0.432 e. The number of carbonyl (C=O) groups excluding carboxylic acids is 1. The van der Waals surface area contributed by atoms with Gasteiger partial charge in [0.1, 0.15) is 5.52 Å². The summed E-state index contributed by atoms with van der Waals surface area (Å²) < 4.78 is 5.96. The average molecular weight is 241 g/mol. The lowest BCUT2D eigenvalue weighted by molar-refractivity contribution is 0.0969. The standard InChI is InChI=1S/C8H5BrN2O2/c9-4-1-2-6-5(3-4)11-8(13-6)7(10)12/h1-3H,(H2,10,12). The van der Waals surface area contributed by atoms with E-state index in [4.69, 9.17) is 10.2 Å². The van der Waals surface area contributed by atoms with Crippen LogP contribution >= 0.6 is 15.9 Å². The number of fused-ring (bicyclic) bond motifs is 1. The number of hydrogen-bond acceptors (Lipinski definition) is 3. The summed E-state index contributed by atoms with van der Waals surface area (Å²) in [5, 5.41) is 0. The van der Waals surface area contributed by atoms with Crippen molar-refractivity contribution in [2.75, 3.05) is 0 Å². The third kappa shape index (κ3) is 1.42. The summed E-state index contributed by atoms with van der Waals surface area (Å²) >= 11 is 3.28. The topological polar surface area (TPSA) is 69.1 Å². The van der Waals surface area contributed by atoms with E-state index in [-0.39, 0.29) is 5.89 Å². The molecule has 2 aromatic rings. The summed E-state index contributed by atoms with van der Waals surface area (Å²) in [6, 6.07) is 5.28. The first-order chi connectivity index (χ1) is 6.16. The fourth-order valence-electron chi connectivity index (χ4n) is 1.01. The third-order valence-corrected chi connectivity index (χ3v) is 2.05. The molecule has 1 heterocycles. The minimum absolute atomic E-state index is 0.0619. The predicted molar refractivity (Wildman–Crippen MR) is 50.2 cm³/mol. The Hall–Kier alpha value is -1.36. The molecule has 1 aromatic heterocycles. The molecule has 1 aromatic carbocycles. The maximum Gasteiger partial charge on any atom is 0.304 e. The van der Waals surface area contributed by atoms with Gasteiger partial charge in [-0.05, 0) is 18.2 Å². The molecular weight excluding hydrogens is 236 g/mol. The Morgan fingerprint density at radius 2 is 2.31 bits per heavy atom. The van der Waals surface area contributed by atoms with E-state index >= 15 is 0 Å². The van der Waals surface area contributed by atoms with E-state index in [0.29, 0.717) is 11.1 Å². The van der Waals surface area contributed by atoms with E-state index in [9.17, 15) is 4.79 Å². The van der Waals surface area contributed by atoms with Gasteiger partial charge in [0, 0.05) is 4.47 Å². The number of rotatable bonds is 1. The first kappa shape index (κ1) is 8.25. The Morgan fingerprint density at radius 3 is 3.00 bits per heavy atom. The molecule has 0 aliphatic heterocycles. The number of primary amides is 1. The third-order valence-electron chi connectivity index (χ3n) is 1.56. The minimum atomic E-state index is -0.660. The van der Waals surface area contributed by atoms with E-state index in [1.807, 2.05) is 0 Å². The predicted octanol–water partition coefficient (Wildman–Crippen LogP) is 1.69. The number of nitrogens with zero attached hydrogens (tertiary/aromatic N) is 1. The first-order valence-corrected chi connectivity index (χ1v) is 4.32. The van der Waals surface area contributed by atoms with Crippen molar-refractivity contribution in [1.29, 1.82) is 0 Å².